The van der Waals surface area contributed by atoms with E-state index in [0.29, 0.717) is 17.7 Å². The number of aldehydes is 1. The van der Waals surface area contributed by atoms with E-state index in [2.05, 4.69) is 31.9 Å². The van der Waals surface area contributed by atoms with E-state index in [9.17, 15) is 9.59 Å². The minimum absolute atomic E-state index is 0.00204. The van der Waals surface area contributed by atoms with Crippen LogP contribution >= 0.6 is 31.9 Å². The fourth-order valence-corrected chi connectivity index (χ4v) is 3.86. The number of carbonyl (C=O) groups is 2. The molecule has 0 heterocycles. The molecule has 2 rings (SSSR count). The minimum Gasteiger partial charge on any atom is -0.495 e. The van der Waals surface area contributed by atoms with Crippen LogP contribution < -0.4 is 4.74 Å². The molecule has 18 heavy (non-hydrogen) atoms. The van der Waals surface area contributed by atoms with Crippen LogP contribution in [0.3, 0.4) is 0 Å². The Kier molecular flexibility index (Phi) is 4.22. The fourth-order valence-electron chi connectivity index (χ4n) is 2.34. The summed E-state index contributed by atoms with van der Waals surface area (Å²) >= 11 is 6.87. The van der Waals surface area contributed by atoms with Crippen LogP contribution in [0, 0.1) is 5.92 Å². The van der Waals surface area contributed by atoms with Crippen molar-refractivity contribution in [1.29, 1.82) is 0 Å². The molecule has 0 amide bonds. The summed E-state index contributed by atoms with van der Waals surface area (Å²) in [5.74, 6) is 0.348. The van der Waals surface area contributed by atoms with Gasteiger partial charge in [0, 0.05) is 16.8 Å². The zero-order valence-electron chi connectivity index (χ0n) is 9.83. The SMILES string of the molecule is COc1c(Br)cc(Br)c2c1C(=O)C(CC=O)CC2. The van der Waals surface area contributed by atoms with E-state index in [1.807, 2.05) is 6.07 Å². The molecule has 3 nitrogen and oxygen atoms in total. The maximum absolute atomic E-state index is 12.4. The van der Waals surface area contributed by atoms with Crippen LogP contribution in [0.4, 0.5) is 0 Å². The Morgan fingerprint density at radius 2 is 2.17 bits per heavy atom. The van der Waals surface area contributed by atoms with Crippen LogP contribution in [0.2, 0.25) is 0 Å². The highest BCUT2D eigenvalue weighted by Gasteiger charge is 2.32. The number of fused-ring (bicyclic) bond motifs is 1. The normalized spacial score (nSPS) is 18.4. The first-order chi connectivity index (χ1) is 8.60. The van der Waals surface area contributed by atoms with Crippen LogP contribution in [0.25, 0.3) is 0 Å². The van der Waals surface area contributed by atoms with Gasteiger partial charge in [-0.25, -0.2) is 0 Å². The van der Waals surface area contributed by atoms with Crippen LogP contribution in [0.5, 0.6) is 5.75 Å². The molecule has 1 aromatic carbocycles. The van der Waals surface area contributed by atoms with E-state index in [-0.39, 0.29) is 18.1 Å². The van der Waals surface area contributed by atoms with Gasteiger partial charge in [0.1, 0.15) is 12.0 Å². The third-order valence-electron chi connectivity index (χ3n) is 3.23. The molecule has 0 spiro atoms. The van der Waals surface area contributed by atoms with Gasteiger partial charge < -0.3 is 9.53 Å². The van der Waals surface area contributed by atoms with E-state index >= 15 is 0 Å². The average Bonchev–Trinajstić information content (AvgIpc) is 2.33. The van der Waals surface area contributed by atoms with Gasteiger partial charge in [-0.15, -0.1) is 0 Å². The monoisotopic (exact) mass is 374 g/mol. The number of benzene rings is 1. The highest BCUT2D eigenvalue weighted by Crippen LogP contribution is 2.41. The van der Waals surface area contributed by atoms with E-state index in [1.165, 1.54) is 0 Å². The quantitative estimate of drug-likeness (QED) is 0.758. The molecule has 0 N–H and O–H groups in total. The molecule has 1 unspecified atom stereocenters. The Morgan fingerprint density at radius 3 is 2.78 bits per heavy atom. The van der Waals surface area contributed by atoms with Crippen LogP contribution in [-0.2, 0) is 11.2 Å². The maximum Gasteiger partial charge on any atom is 0.170 e. The van der Waals surface area contributed by atoms with Crippen molar-refractivity contribution in [3.8, 4) is 5.75 Å². The maximum atomic E-state index is 12.4. The second-order valence-corrected chi connectivity index (χ2v) is 5.94. The van der Waals surface area contributed by atoms with Crippen molar-refractivity contribution in [3.63, 3.8) is 0 Å². The molecule has 1 aromatic rings. The van der Waals surface area contributed by atoms with Crippen molar-refractivity contribution in [1.82, 2.24) is 0 Å². The summed E-state index contributed by atoms with van der Waals surface area (Å²) < 4.78 is 6.97. The molecule has 96 valence electrons. The number of hydrogen-bond donors (Lipinski definition) is 0. The highest BCUT2D eigenvalue weighted by molar-refractivity contribution is 9.11. The molecule has 0 radical (unpaired) electrons. The molecule has 0 saturated carbocycles. The van der Waals surface area contributed by atoms with Crippen molar-refractivity contribution < 1.29 is 14.3 Å². The first-order valence-electron chi connectivity index (χ1n) is 5.62. The van der Waals surface area contributed by atoms with E-state index in [4.69, 9.17) is 4.74 Å². The first kappa shape index (κ1) is 13.7. The predicted molar refractivity (Wildman–Crippen MR) is 75.2 cm³/mol. The van der Waals surface area contributed by atoms with Gasteiger partial charge in [0.2, 0.25) is 0 Å². The molecule has 1 atom stereocenters. The molecule has 0 aliphatic heterocycles. The molecule has 0 fully saturated rings. The van der Waals surface area contributed by atoms with E-state index in [1.54, 1.807) is 7.11 Å². The second-order valence-electron chi connectivity index (χ2n) is 4.23. The van der Waals surface area contributed by atoms with Crippen molar-refractivity contribution in [2.45, 2.75) is 19.3 Å². The number of halogens is 2. The average molecular weight is 376 g/mol. The molecular weight excluding hydrogens is 364 g/mol. The minimum atomic E-state index is -0.218. The van der Waals surface area contributed by atoms with Gasteiger partial charge in [0.25, 0.3) is 0 Å². The zero-order valence-corrected chi connectivity index (χ0v) is 13.0. The molecule has 5 heteroatoms. The van der Waals surface area contributed by atoms with E-state index in [0.717, 1.165) is 27.2 Å². The van der Waals surface area contributed by atoms with Crippen LogP contribution in [0.15, 0.2) is 15.0 Å². The standard InChI is InChI=1S/C13H12Br2O3/c1-18-13-10(15)6-9(14)8-3-2-7(4-5-16)12(17)11(8)13/h5-7H,2-4H2,1H3. The lowest BCUT2D eigenvalue weighted by Crippen LogP contribution is -2.24. The number of methoxy groups -OCH3 is 1. The fraction of sp³-hybridized carbons (Fsp3) is 0.385. The number of hydrogen-bond acceptors (Lipinski definition) is 3. The number of carbonyl (C=O) groups excluding carboxylic acids is 2. The summed E-state index contributed by atoms with van der Waals surface area (Å²) in [6, 6.07) is 1.89. The van der Waals surface area contributed by atoms with Gasteiger partial charge in [-0.2, -0.15) is 0 Å². The van der Waals surface area contributed by atoms with Crippen molar-refractivity contribution in [2.75, 3.05) is 7.11 Å². The van der Waals surface area contributed by atoms with Gasteiger partial charge in [0.05, 0.1) is 17.1 Å². The van der Waals surface area contributed by atoms with Gasteiger partial charge in [-0.05, 0) is 40.4 Å². The summed E-state index contributed by atoms with van der Waals surface area (Å²) in [4.78, 5) is 23.0. The van der Waals surface area contributed by atoms with Gasteiger partial charge in [-0.3, -0.25) is 4.79 Å². The molecule has 0 saturated heterocycles. The lowest BCUT2D eigenvalue weighted by atomic mass is 9.81. The topological polar surface area (TPSA) is 43.4 Å². The first-order valence-corrected chi connectivity index (χ1v) is 7.21. The molecule has 1 aliphatic carbocycles. The van der Waals surface area contributed by atoms with Crippen molar-refractivity contribution in [3.05, 3.63) is 26.1 Å². The van der Waals surface area contributed by atoms with Crippen molar-refractivity contribution >= 4 is 43.9 Å². The Bertz CT molecular complexity index is 491. The third kappa shape index (κ3) is 2.26. The largest absolute Gasteiger partial charge is 0.495 e. The summed E-state index contributed by atoms with van der Waals surface area (Å²) in [5, 5.41) is 0. The van der Waals surface area contributed by atoms with Crippen molar-refractivity contribution in [2.24, 2.45) is 5.92 Å². The van der Waals surface area contributed by atoms with Gasteiger partial charge in [0.15, 0.2) is 5.78 Å². The lowest BCUT2D eigenvalue weighted by molar-refractivity contribution is -0.108. The number of ether oxygens (including phenoxy) is 1. The summed E-state index contributed by atoms with van der Waals surface area (Å²) in [5.41, 5.74) is 1.58. The Morgan fingerprint density at radius 1 is 1.44 bits per heavy atom. The predicted octanol–water partition coefficient (Wildman–Crippen LogP) is 3.55. The molecule has 0 bridgehead atoms. The highest BCUT2D eigenvalue weighted by atomic mass is 79.9. The van der Waals surface area contributed by atoms with Crippen LogP contribution in [0.1, 0.15) is 28.8 Å². The second kappa shape index (κ2) is 5.53. The Balaban J connectivity index is 2.57. The van der Waals surface area contributed by atoms with Gasteiger partial charge >= 0.3 is 0 Å². The molecule has 1 aliphatic rings. The third-order valence-corrected chi connectivity index (χ3v) is 4.53. The van der Waals surface area contributed by atoms with Crippen LogP contribution in [-0.4, -0.2) is 19.2 Å². The molecule has 0 aromatic heterocycles. The smallest absolute Gasteiger partial charge is 0.170 e. The number of Topliss-reactive ketones (excluding diaryl/α,β-unsaturated/α-hetero) is 1. The molecular formula is C13H12Br2O3. The van der Waals surface area contributed by atoms with Gasteiger partial charge in [-0.1, -0.05) is 15.9 Å². The zero-order chi connectivity index (χ0) is 13.3. The summed E-state index contributed by atoms with van der Waals surface area (Å²) in [6.45, 7) is 0. The summed E-state index contributed by atoms with van der Waals surface area (Å²) in [7, 11) is 1.55. The lowest BCUT2D eigenvalue weighted by Gasteiger charge is -2.25. The number of ketones is 1. The number of rotatable bonds is 3. The Labute approximate surface area is 122 Å². The van der Waals surface area contributed by atoms with E-state index < -0.39 is 0 Å². The Hall–Kier alpha value is -0.680. The summed E-state index contributed by atoms with van der Waals surface area (Å²) in [6.07, 6.45) is 2.59.